The van der Waals surface area contributed by atoms with E-state index in [0.29, 0.717) is 10.2 Å². The number of nitrogens with zero attached hydrogens (tertiary/aromatic N) is 4. The van der Waals surface area contributed by atoms with Gasteiger partial charge in [-0.2, -0.15) is 5.10 Å². The minimum atomic E-state index is -0.374. The maximum Gasteiger partial charge on any atom is 0.203 e. The van der Waals surface area contributed by atoms with Crippen molar-refractivity contribution in [3.63, 3.8) is 0 Å². The van der Waals surface area contributed by atoms with E-state index in [0.717, 1.165) is 0 Å². The topological polar surface area (TPSA) is 60.7 Å². The van der Waals surface area contributed by atoms with Gasteiger partial charge in [-0.1, -0.05) is 23.2 Å². The summed E-state index contributed by atoms with van der Waals surface area (Å²) in [7, 11) is 1.70. The Kier molecular flexibility index (Phi) is 3.46. The first-order valence-corrected chi connectivity index (χ1v) is 5.95. The Balaban J connectivity index is 2.55. The summed E-state index contributed by atoms with van der Waals surface area (Å²) in [5, 5.41) is 3.98. The minimum Gasteiger partial charge on any atom is -0.288 e. The summed E-state index contributed by atoms with van der Waals surface area (Å²) in [5.74, 6) is -0.374. The predicted octanol–water partition coefficient (Wildman–Crippen LogP) is 2.51. The zero-order valence-electron chi connectivity index (χ0n) is 8.49. The van der Waals surface area contributed by atoms with Crippen LogP contribution in [-0.2, 0) is 7.05 Å². The number of carbonyl (C=O) groups excluding carboxylic acids is 1. The van der Waals surface area contributed by atoms with Crippen LogP contribution in [0, 0.1) is 0 Å². The van der Waals surface area contributed by atoms with E-state index in [1.165, 1.54) is 17.2 Å². The van der Waals surface area contributed by atoms with E-state index >= 15 is 0 Å². The van der Waals surface area contributed by atoms with Crippen molar-refractivity contribution in [2.45, 2.75) is 0 Å². The van der Waals surface area contributed by atoms with Crippen LogP contribution >= 0.6 is 39.1 Å². The zero-order chi connectivity index (χ0) is 12.6. The number of hydrogen-bond acceptors (Lipinski definition) is 4. The second-order valence-corrected chi connectivity index (χ2v) is 4.60. The lowest BCUT2D eigenvalue weighted by Gasteiger charge is -2.03. The molecule has 0 N–H and O–H groups in total. The van der Waals surface area contributed by atoms with Crippen molar-refractivity contribution < 1.29 is 4.79 Å². The Morgan fingerprint density at radius 2 is 1.94 bits per heavy atom. The van der Waals surface area contributed by atoms with Gasteiger partial charge in [-0.25, -0.2) is 9.97 Å². The van der Waals surface area contributed by atoms with E-state index in [4.69, 9.17) is 23.2 Å². The zero-order valence-corrected chi connectivity index (χ0v) is 11.6. The van der Waals surface area contributed by atoms with Crippen LogP contribution in [0.15, 0.2) is 17.1 Å². The average Bonchev–Trinajstić information content (AvgIpc) is 2.59. The lowest BCUT2D eigenvalue weighted by atomic mass is 10.1. The summed E-state index contributed by atoms with van der Waals surface area (Å²) in [4.78, 5) is 19.6. The minimum absolute atomic E-state index is 0.0192. The quantitative estimate of drug-likeness (QED) is 0.625. The first-order valence-electron chi connectivity index (χ1n) is 4.40. The van der Waals surface area contributed by atoms with Crippen LogP contribution in [0.2, 0.25) is 10.3 Å². The van der Waals surface area contributed by atoms with Gasteiger partial charge < -0.3 is 0 Å². The normalized spacial score (nSPS) is 10.6. The average molecular weight is 336 g/mol. The highest BCUT2D eigenvalue weighted by Gasteiger charge is 2.22. The molecule has 0 amide bonds. The van der Waals surface area contributed by atoms with Crippen LogP contribution in [0.5, 0.6) is 0 Å². The monoisotopic (exact) mass is 334 g/mol. The number of carbonyl (C=O) groups is 1. The molecule has 0 radical (unpaired) electrons. The smallest absolute Gasteiger partial charge is 0.203 e. The Labute approximate surface area is 115 Å². The lowest BCUT2D eigenvalue weighted by Crippen LogP contribution is -2.05. The maximum absolute atomic E-state index is 12.2. The first kappa shape index (κ1) is 12.5. The van der Waals surface area contributed by atoms with Crippen molar-refractivity contribution >= 4 is 44.9 Å². The van der Waals surface area contributed by atoms with Crippen LogP contribution in [0.25, 0.3) is 0 Å². The molecule has 0 saturated carbocycles. The lowest BCUT2D eigenvalue weighted by molar-refractivity contribution is 0.103. The van der Waals surface area contributed by atoms with Gasteiger partial charge in [0.15, 0.2) is 0 Å². The van der Waals surface area contributed by atoms with Gasteiger partial charge >= 0.3 is 0 Å². The number of aromatic nitrogens is 4. The Morgan fingerprint density at radius 1 is 1.35 bits per heavy atom. The number of ketones is 1. The van der Waals surface area contributed by atoms with E-state index in [-0.39, 0.29) is 21.7 Å². The summed E-state index contributed by atoms with van der Waals surface area (Å²) in [6.45, 7) is 0. The molecule has 88 valence electrons. The van der Waals surface area contributed by atoms with Gasteiger partial charge in [-0.3, -0.25) is 9.48 Å². The van der Waals surface area contributed by atoms with Gasteiger partial charge in [0.05, 0.1) is 17.3 Å². The molecule has 0 atom stereocenters. The molecule has 17 heavy (non-hydrogen) atoms. The molecule has 0 spiro atoms. The predicted molar refractivity (Wildman–Crippen MR) is 66.4 cm³/mol. The highest BCUT2D eigenvalue weighted by Crippen LogP contribution is 2.26. The molecule has 2 aromatic rings. The second-order valence-electron chi connectivity index (χ2n) is 3.13. The molecule has 2 heterocycles. The van der Waals surface area contributed by atoms with Gasteiger partial charge in [0, 0.05) is 7.05 Å². The summed E-state index contributed by atoms with van der Waals surface area (Å²) < 4.78 is 2.05. The molecule has 0 aliphatic rings. The third kappa shape index (κ3) is 2.20. The number of rotatable bonds is 2. The SMILES string of the molecule is Cn1ncc(C(=O)c2c(Cl)ncnc2Cl)c1Br. The fraction of sp³-hybridized carbons (Fsp3) is 0.111. The van der Waals surface area contributed by atoms with Gasteiger partial charge in [-0.05, 0) is 15.9 Å². The number of hydrogen-bond donors (Lipinski definition) is 0. The molecular weight excluding hydrogens is 331 g/mol. The molecule has 0 bridgehead atoms. The molecule has 0 unspecified atom stereocenters. The van der Waals surface area contributed by atoms with Crippen LogP contribution in [-0.4, -0.2) is 25.5 Å². The van der Waals surface area contributed by atoms with Crippen LogP contribution < -0.4 is 0 Å². The molecule has 0 saturated heterocycles. The second kappa shape index (κ2) is 4.72. The third-order valence-corrected chi connectivity index (χ3v) is 3.61. The molecule has 5 nitrogen and oxygen atoms in total. The molecular formula is C9H5BrCl2N4O. The summed E-state index contributed by atoms with van der Waals surface area (Å²) in [6.07, 6.45) is 2.62. The maximum atomic E-state index is 12.2. The van der Waals surface area contributed by atoms with E-state index in [2.05, 4.69) is 31.0 Å². The van der Waals surface area contributed by atoms with Gasteiger partial charge in [0.2, 0.25) is 5.78 Å². The van der Waals surface area contributed by atoms with E-state index < -0.39 is 0 Å². The summed E-state index contributed by atoms with van der Waals surface area (Å²) in [6, 6.07) is 0. The highest BCUT2D eigenvalue weighted by molar-refractivity contribution is 9.10. The van der Waals surface area contributed by atoms with E-state index in [1.807, 2.05) is 0 Å². The third-order valence-electron chi connectivity index (χ3n) is 2.09. The van der Waals surface area contributed by atoms with Crippen molar-refractivity contribution in [1.82, 2.24) is 19.7 Å². The molecule has 0 fully saturated rings. The van der Waals surface area contributed by atoms with Gasteiger partial charge in [0.1, 0.15) is 21.2 Å². The summed E-state index contributed by atoms with van der Waals surface area (Å²) in [5.41, 5.74) is 0.427. The fourth-order valence-corrected chi connectivity index (χ4v) is 2.10. The van der Waals surface area contributed by atoms with Crippen molar-refractivity contribution in [1.29, 1.82) is 0 Å². The molecule has 2 aromatic heterocycles. The van der Waals surface area contributed by atoms with Gasteiger partial charge in [-0.15, -0.1) is 0 Å². The largest absolute Gasteiger partial charge is 0.288 e. The first-order chi connectivity index (χ1) is 8.02. The molecule has 0 aliphatic carbocycles. The summed E-state index contributed by atoms with van der Waals surface area (Å²) >= 11 is 14.9. The fourth-order valence-electron chi connectivity index (χ4n) is 1.24. The van der Waals surface area contributed by atoms with Crippen molar-refractivity contribution in [3.8, 4) is 0 Å². The van der Waals surface area contributed by atoms with E-state index in [9.17, 15) is 4.79 Å². The Morgan fingerprint density at radius 3 is 2.41 bits per heavy atom. The van der Waals surface area contributed by atoms with Crippen LogP contribution in [0.4, 0.5) is 0 Å². The molecule has 8 heteroatoms. The van der Waals surface area contributed by atoms with Gasteiger partial charge in [0.25, 0.3) is 0 Å². The Hall–Kier alpha value is -0.980. The van der Waals surface area contributed by atoms with Crippen molar-refractivity contribution in [3.05, 3.63) is 38.6 Å². The van der Waals surface area contributed by atoms with Crippen molar-refractivity contribution in [2.24, 2.45) is 7.05 Å². The molecule has 0 aliphatic heterocycles. The number of halogens is 3. The number of aryl methyl sites for hydroxylation is 1. The van der Waals surface area contributed by atoms with Crippen LogP contribution in [0.1, 0.15) is 15.9 Å². The van der Waals surface area contributed by atoms with Crippen molar-refractivity contribution in [2.75, 3.05) is 0 Å². The molecule has 2 rings (SSSR count). The standard InChI is InChI=1S/C9H5BrCl2N4O/c1-16-7(10)4(2-15-16)6(17)5-8(11)13-3-14-9(5)12/h2-3H,1H3. The molecule has 0 aromatic carbocycles. The van der Waals surface area contributed by atoms with E-state index in [1.54, 1.807) is 7.05 Å². The van der Waals surface area contributed by atoms with Crippen LogP contribution in [0.3, 0.4) is 0 Å². The Bertz CT molecular complexity index is 578. The highest BCUT2D eigenvalue weighted by atomic mass is 79.9.